The Kier molecular flexibility index (Phi) is 1.91. The average molecular weight is 176 g/mol. The third-order valence-electron chi connectivity index (χ3n) is 1.72. The first-order chi connectivity index (χ1) is 6.36. The fraction of sp³-hybridized carbons (Fsp3) is 0.125. The number of para-hydroxylation sites is 1. The van der Waals surface area contributed by atoms with Crippen molar-refractivity contribution in [1.82, 2.24) is 20.2 Å². The van der Waals surface area contributed by atoms with Crippen molar-refractivity contribution in [2.45, 2.75) is 6.54 Å². The van der Waals surface area contributed by atoms with Crippen LogP contribution in [0.2, 0.25) is 0 Å². The fourth-order valence-corrected chi connectivity index (χ4v) is 1.07. The Labute approximate surface area is 74.6 Å². The lowest BCUT2D eigenvalue weighted by Crippen LogP contribution is -2.00. The number of nitrogens with zero attached hydrogens (tertiary/aromatic N) is 4. The van der Waals surface area contributed by atoms with Crippen LogP contribution in [0.4, 0.5) is 0 Å². The Morgan fingerprint density at radius 3 is 2.85 bits per heavy atom. The lowest BCUT2D eigenvalue weighted by Gasteiger charge is -2.01. The highest BCUT2D eigenvalue weighted by Crippen LogP contribution is 2.15. The zero-order valence-corrected chi connectivity index (χ0v) is 6.83. The number of phenolic OH excluding ortho intramolecular Hbond substituents is 1. The van der Waals surface area contributed by atoms with Gasteiger partial charge in [0.1, 0.15) is 12.1 Å². The molecule has 1 aromatic heterocycles. The van der Waals surface area contributed by atoms with Crippen molar-refractivity contribution < 1.29 is 5.11 Å². The lowest BCUT2D eigenvalue weighted by atomic mass is 10.2. The molecule has 0 amide bonds. The second kappa shape index (κ2) is 3.22. The predicted molar refractivity (Wildman–Crippen MR) is 45.0 cm³/mol. The van der Waals surface area contributed by atoms with Gasteiger partial charge in [0.05, 0.1) is 6.54 Å². The number of aromatic hydroxyl groups is 1. The van der Waals surface area contributed by atoms with Crippen LogP contribution in [0.25, 0.3) is 0 Å². The monoisotopic (exact) mass is 176 g/mol. The van der Waals surface area contributed by atoms with Crippen LogP contribution in [0.5, 0.6) is 5.75 Å². The summed E-state index contributed by atoms with van der Waals surface area (Å²) in [5, 5.41) is 20.1. The van der Waals surface area contributed by atoms with Gasteiger partial charge in [-0.25, -0.2) is 4.68 Å². The Bertz CT molecular complexity index is 385. The maximum atomic E-state index is 9.43. The topological polar surface area (TPSA) is 63.8 Å². The minimum Gasteiger partial charge on any atom is -0.508 e. The minimum absolute atomic E-state index is 0.262. The summed E-state index contributed by atoms with van der Waals surface area (Å²) in [4.78, 5) is 0. The van der Waals surface area contributed by atoms with Crippen LogP contribution in [-0.2, 0) is 6.54 Å². The molecule has 5 nitrogen and oxygen atoms in total. The third-order valence-corrected chi connectivity index (χ3v) is 1.72. The summed E-state index contributed by atoms with van der Waals surface area (Å²) in [5.41, 5.74) is 0.801. The lowest BCUT2D eigenvalue weighted by molar-refractivity contribution is 0.463. The second-order valence-corrected chi connectivity index (χ2v) is 2.64. The van der Waals surface area contributed by atoms with Gasteiger partial charge in [0.2, 0.25) is 0 Å². The first-order valence-corrected chi connectivity index (χ1v) is 3.84. The van der Waals surface area contributed by atoms with Crippen molar-refractivity contribution >= 4 is 0 Å². The molecule has 0 saturated heterocycles. The van der Waals surface area contributed by atoms with Gasteiger partial charge in [-0.05, 0) is 16.5 Å². The number of benzene rings is 1. The summed E-state index contributed by atoms with van der Waals surface area (Å²) in [7, 11) is 0. The van der Waals surface area contributed by atoms with E-state index in [1.54, 1.807) is 16.8 Å². The number of aromatic nitrogens is 4. The molecule has 2 aromatic rings. The van der Waals surface area contributed by atoms with Crippen LogP contribution >= 0.6 is 0 Å². The Balaban J connectivity index is 2.24. The second-order valence-electron chi connectivity index (χ2n) is 2.64. The highest BCUT2D eigenvalue weighted by Gasteiger charge is 2.00. The molecule has 5 heteroatoms. The van der Waals surface area contributed by atoms with E-state index in [1.165, 1.54) is 6.33 Å². The molecule has 66 valence electrons. The molecule has 0 radical (unpaired) electrons. The maximum absolute atomic E-state index is 9.43. The van der Waals surface area contributed by atoms with E-state index >= 15 is 0 Å². The van der Waals surface area contributed by atoms with Crippen LogP contribution in [-0.4, -0.2) is 25.3 Å². The van der Waals surface area contributed by atoms with Gasteiger partial charge in [0.25, 0.3) is 0 Å². The first kappa shape index (κ1) is 7.72. The highest BCUT2D eigenvalue weighted by atomic mass is 16.3. The van der Waals surface area contributed by atoms with Gasteiger partial charge in [-0.2, -0.15) is 0 Å². The number of rotatable bonds is 2. The molecule has 0 fully saturated rings. The number of tetrazole rings is 1. The first-order valence-electron chi connectivity index (χ1n) is 3.84. The SMILES string of the molecule is Oc1ccccc1Cn1cnnn1. The van der Waals surface area contributed by atoms with Crippen LogP contribution in [0.15, 0.2) is 30.6 Å². The van der Waals surface area contributed by atoms with Gasteiger partial charge in [0, 0.05) is 5.56 Å². The van der Waals surface area contributed by atoms with E-state index in [-0.39, 0.29) is 5.75 Å². The number of hydrogen-bond acceptors (Lipinski definition) is 4. The summed E-state index contributed by atoms with van der Waals surface area (Å²) in [6, 6.07) is 7.11. The summed E-state index contributed by atoms with van der Waals surface area (Å²) < 4.78 is 1.55. The van der Waals surface area contributed by atoms with Crippen LogP contribution in [0.3, 0.4) is 0 Å². The molecule has 0 unspecified atom stereocenters. The zero-order valence-electron chi connectivity index (χ0n) is 6.83. The van der Waals surface area contributed by atoms with Gasteiger partial charge in [-0.15, -0.1) is 5.10 Å². The van der Waals surface area contributed by atoms with Crippen molar-refractivity contribution in [3.8, 4) is 5.75 Å². The van der Waals surface area contributed by atoms with E-state index < -0.39 is 0 Å². The van der Waals surface area contributed by atoms with E-state index in [9.17, 15) is 5.11 Å². The maximum Gasteiger partial charge on any atom is 0.138 e. The molecule has 1 aromatic carbocycles. The zero-order chi connectivity index (χ0) is 9.10. The highest BCUT2D eigenvalue weighted by molar-refractivity contribution is 5.31. The Morgan fingerprint density at radius 2 is 2.15 bits per heavy atom. The molecule has 1 N–H and O–H groups in total. The number of hydrogen-bond donors (Lipinski definition) is 1. The molecule has 0 spiro atoms. The quantitative estimate of drug-likeness (QED) is 0.720. The molecule has 0 saturated carbocycles. The largest absolute Gasteiger partial charge is 0.508 e. The van der Waals surface area contributed by atoms with Gasteiger partial charge in [-0.3, -0.25) is 0 Å². The Morgan fingerprint density at radius 1 is 1.31 bits per heavy atom. The average Bonchev–Trinajstić information content (AvgIpc) is 2.61. The van der Waals surface area contributed by atoms with E-state index in [0.717, 1.165) is 5.56 Å². The van der Waals surface area contributed by atoms with Crippen LogP contribution < -0.4 is 0 Å². The smallest absolute Gasteiger partial charge is 0.138 e. The van der Waals surface area contributed by atoms with Crippen molar-refractivity contribution in [1.29, 1.82) is 0 Å². The van der Waals surface area contributed by atoms with Crippen molar-refractivity contribution in [3.05, 3.63) is 36.2 Å². The summed E-state index contributed by atoms with van der Waals surface area (Å²) in [6.07, 6.45) is 1.51. The van der Waals surface area contributed by atoms with E-state index in [4.69, 9.17) is 0 Å². The summed E-state index contributed by atoms with van der Waals surface area (Å²) >= 11 is 0. The van der Waals surface area contributed by atoms with Gasteiger partial charge >= 0.3 is 0 Å². The van der Waals surface area contributed by atoms with Gasteiger partial charge < -0.3 is 5.11 Å². The Hall–Kier alpha value is -1.91. The molecule has 0 aliphatic rings. The van der Waals surface area contributed by atoms with E-state index in [1.807, 2.05) is 12.1 Å². The minimum atomic E-state index is 0.262. The standard InChI is InChI=1S/C8H8N4O/c13-8-4-2-1-3-7(8)5-12-6-9-10-11-12/h1-4,6,13H,5H2. The van der Waals surface area contributed by atoms with Crippen LogP contribution in [0.1, 0.15) is 5.56 Å². The van der Waals surface area contributed by atoms with Crippen LogP contribution in [0, 0.1) is 0 Å². The van der Waals surface area contributed by atoms with E-state index in [2.05, 4.69) is 15.5 Å². The predicted octanol–water partition coefficient (Wildman–Crippen LogP) is 0.427. The third kappa shape index (κ3) is 1.64. The van der Waals surface area contributed by atoms with Crippen molar-refractivity contribution in [2.24, 2.45) is 0 Å². The molecule has 0 atom stereocenters. The normalized spacial score (nSPS) is 10.2. The molecule has 0 bridgehead atoms. The molecule has 1 heterocycles. The van der Waals surface area contributed by atoms with Crippen molar-refractivity contribution in [3.63, 3.8) is 0 Å². The molecule has 0 aliphatic heterocycles. The van der Waals surface area contributed by atoms with Gasteiger partial charge in [-0.1, -0.05) is 18.2 Å². The van der Waals surface area contributed by atoms with Crippen molar-refractivity contribution in [2.75, 3.05) is 0 Å². The fourth-order valence-electron chi connectivity index (χ4n) is 1.07. The van der Waals surface area contributed by atoms with Gasteiger partial charge in [0.15, 0.2) is 0 Å². The molecule has 13 heavy (non-hydrogen) atoms. The summed E-state index contributed by atoms with van der Waals surface area (Å²) in [5.74, 6) is 0.262. The molecule has 0 aliphatic carbocycles. The van der Waals surface area contributed by atoms with E-state index in [0.29, 0.717) is 6.54 Å². The summed E-state index contributed by atoms with van der Waals surface area (Å²) in [6.45, 7) is 0.486. The molecule has 2 rings (SSSR count). The number of phenols is 1. The molecular weight excluding hydrogens is 168 g/mol. The molecular formula is C8H8N4O.